The number of pyridine rings is 1. The van der Waals surface area contributed by atoms with Gasteiger partial charge in [0.25, 0.3) is 0 Å². The van der Waals surface area contributed by atoms with Gasteiger partial charge < -0.3 is 4.90 Å². The normalized spacial score (nSPS) is 29.1. The van der Waals surface area contributed by atoms with Gasteiger partial charge in [0.1, 0.15) is 5.82 Å². The van der Waals surface area contributed by atoms with Gasteiger partial charge in [-0.15, -0.1) is 0 Å². The van der Waals surface area contributed by atoms with Crippen LogP contribution in [-0.2, 0) is 0 Å². The van der Waals surface area contributed by atoms with Gasteiger partial charge in [-0.2, -0.15) is 0 Å². The molecule has 2 heterocycles. The van der Waals surface area contributed by atoms with E-state index in [-0.39, 0.29) is 0 Å². The van der Waals surface area contributed by atoms with Crippen LogP contribution in [0.3, 0.4) is 0 Å². The molecule has 2 nitrogen and oxygen atoms in total. The van der Waals surface area contributed by atoms with E-state index in [2.05, 4.69) is 25.8 Å². The molecule has 1 aromatic heterocycles. The molecule has 1 aliphatic carbocycles. The molecule has 0 radical (unpaired) electrons. The van der Waals surface area contributed by atoms with E-state index in [0.29, 0.717) is 0 Å². The van der Waals surface area contributed by atoms with Crippen molar-refractivity contribution in [3.63, 3.8) is 0 Å². The standard InChI is InChI=1S/C10H10BrClN2/c11-8-2-9(12)10(13-3-8)14-4-6-1-7(6)5-14/h2-3,6-7H,1,4-5H2. The molecule has 0 N–H and O–H groups in total. The minimum atomic E-state index is 0.751. The van der Waals surface area contributed by atoms with Crippen molar-refractivity contribution in [2.75, 3.05) is 18.0 Å². The SMILES string of the molecule is Clc1cc(Br)cnc1N1CC2CC2C1. The highest BCUT2D eigenvalue weighted by Gasteiger charge is 2.45. The van der Waals surface area contributed by atoms with E-state index in [1.54, 1.807) is 0 Å². The first-order valence-corrected chi connectivity index (χ1v) is 5.97. The Balaban J connectivity index is 1.88. The zero-order valence-electron chi connectivity index (χ0n) is 7.58. The first-order valence-electron chi connectivity index (χ1n) is 4.80. The summed E-state index contributed by atoms with van der Waals surface area (Å²) in [5, 5.41) is 0.751. The fraction of sp³-hybridized carbons (Fsp3) is 0.500. The molecule has 3 rings (SSSR count). The molecule has 0 aromatic carbocycles. The Morgan fingerprint density at radius 3 is 2.79 bits per heavy atom. The number of anilines is 1. The van der Waals surface area contributed by atoms with E-state index in [4.69, 9.17) is 11.6 Å². The molecule has 1 saturated carbocycles. The van der Waals surface area contributed by atoms with Crippen molar-refractivity contribution < 1.29 is 0 Å². The maximum absolute atomic E-state index is 6.14. The average Bonchev–Trinajstić information content (AvgIpc) is 2.74. The summed E-state index contributed by atoms with van der Waals surface area (Å²) < 4.78 is 0.940. The first-order chi connectivity index (χ1) is 6.74. The first kappa shape index (κ1) is 8.98. The highest BCUT2D eigenvalue weighted by atomic mass is 79.9. The van der Waals surface area contributed by atoms with Crippen LogP contribution in [-0.4, -0.2) is 18.1 Å². The molecule has 1 aliphatic heterocycles. The molecule has 0 spiro atoms. The summed E-state index contributed by atoms with van der Waals surface area (Å²) in [6.07, 6.45) is 3.22. The van der Waals surface area contributed by atoms with Crippen LogP contribution >= 0.6 is 27.5 Å². The summed E-state index contributed by atoms with van der Waals surface area (Å²) in [6, 6.07) is 1.91. The molecular weight excluding hydrogens is 263 g/mol. The Morgan fingerprint density at radius 2 is 2.14 bits per heavy atom. The number of piperidine rings is 1. The lowest BCUT2D eigenvalue weighted by Crippen LogP contribution is -2.23. The third-order valence-electron chi connectivity index (χ3n) is 3.07. The zero-order chi connectivity index (χ0) is 9.71. The third-order valence-corrected chi connectivity index (χ3v) is 3.78. The van der Waals surface area contributed by atoms with Crippen LogP contribution in [0.15, 0.2) is 16.7 Å². The van der Waals surface area contributed by atoms with Crippen LogP contribution in [0.2, 0.25) is 5.02 Å². The summed E-state index contributed by atoms with van der Waals surface area (Å²) in [5.41, 5.74) is 0. The molecule has 74 valence electrons. The van der Waals surface area contributed by atoms with Gasteiger partial charge in [-0.25, -0.2) is 4.98 Å². The van der Waals surface area contributed by atoms with Gasteiger partial charge in [0.05, 0.1) is 5.02 Å². The van der Waals surface area contributed by atoms with Crippen molar-refractivity contribution in [2.45, 2.75) is 6.42 Å². The van der Waals surface area contributed by atoms with Crippen molar-refractivity contribution in [2.24, 2.45) is 11.8 Å². The number of rotatable bonds is 1. The van der Waals surface area contributed by atoms with Crippen molar-refractivity contribution in [3.05, 3.63) is 21.8 Å². The second-order valence-corrected chi connectivity index (χ2v) is 5.44. The van der Waals surface area contributed by atoms with Gasteiger partial charge in [-0.3, -0.25) is 0 Å². The Labute approximate surface area is 96.4 Å². The molecule has 0 amide bonds. The maximum Gasteiger partial charge on any atom is 0.147 e. The summed E-state index contributed by atoms with van der Waals surface area (Å²) in [6.45, 7) is 2.28. The topological polar surface area (TPSA) is 16.1 Å². The summed E-state index contributed by atoms with van der Waals surface area (Å²) in [5.74, 6) is 2.77. The largest absolute Gasteiger partial charge is 0.355 e. The molecule has 14 heavy (non-hydrogen) atoms. The van der Waals surface area contributed by atoms with Gasteiger partial charge >= 0.3 is 0 Å². The number of fused-ring (bicyclic) bond motifs is 1. The minimum absolute atomic E-state index is 0.751. The second-order valence-electron chi connectivity index (χ2n) is 4.12. The fourth-order valence-corrected chi connectivity index (χ4v) is 2.96. The number of halogens is 2. The van der Waals surface area contributed by atoms with Crippen molar-refractivity contribution >= 4 is 33.3 Å². The summed E-state index contributed by atoms with van der Waals surface area (Å²) in [4.78, 5) is 6.66. The maximum atomic E-state index is 6.14. The van der Waals surface area contributed by atoms with E-state index >= 15 is 0 Å². The van der Waals surface area contributed by atoms with Crippen LogP contribution in [0.4, 0.5) is 5.82 Å². The summed E-state index contributed by atoms with van der Waals surface area (Å²) in [7, 11) is 0. The molecule has 2 unspecified atom stereocenters. The highest BCUT2D eigenvalue weighted by Crippen LogP contribution is 2.46. The molecular formula is C10H10BrClN2. The number of hydrogen-bond acceptors (Lipinski definition) is 2. The van der Waals surface area contributed by atoms with Crippen LogP contribution < -0.4 is 4.90 Å². The van der Waals surface area contributed by atoms with Crippen LogP contribution in [0.1, 0.15) is 6.42 Å². The number of nitrogens with zero attached hydrogens (tertiary/aromatic N) is 2. The van der Waals surface area contributed by atoms with E-state index in [1.807, 2.05) is 12.3 Å². The lowest BCUT2D eigenvalue weighted by atomic mass is 10.4. The van der Waals surface area contributed by atoms with Gasteiger partial charge in [0.15, 0.2) is 0 Å². The molecule has 4 heteroatoms. The quantitative estimate of drug-likeness (QED) is 0.782. The lowest BCUT2D eigenvalue weighted by Gasteiger charge is -2.19. The van der Waals surface area contributed by atoms with Crippen molar-refractivity contribution in [3.8, 4) is 0 Å². The molecule has 2 atom stereocenters. The van der Waals surface area contributed by atoms with Crippen molar-refractivity contribution in [1.29, 1.82) is 0 Å². The van der Waals surface area contributed by atoms with Gasteiger partial charge in [0.2, 0.25) is 0 Å². The van der Waals surface area contributed by atoms with E-state index in [0.717, 1.165) is 40.2 Å². The molecule has 1 aromatic rings. The molecule has 2 aliphatic rings. The van der Waals surface area contributed by atoms with Gasteiger partial charge in [0, 0.05) is 23.8 Å². The number of hydrogen-bond donors (Lipinski definition) is 0. The van der Waals surface area contributed by atoms with E-state index in [1.165, 1.54) is 6.42 Å². The Kier molecular flexibility index (Phi) is 1.99. The van der Waals surface area contributed by atoms with Crippen LogP contribution in [0, 0.1) is 11.8 Å². The van der Waals surface area contributed by atoms with Gasteiger partial charge in [-0.1, -0.05) is 11.6 Å². The Hall–Kier alpha value is -0.280. The molecule has 0 bridgehead atoms. The predicted octanol–water partition coefficient (Wildman–Crippen LogP) is 2.95. The molecule has 1 saturated heterocycles. The predicted molar refractivity (Wildman–Crippen MR) is 60.8 cm³/mol. The van der Waals surface area contributed by atoms with Crippen LogP contribution in [0.25, 0.3) is 0 Å². The lowest BCUT2D eigenvalue weighted by molar-refractivity contribution is 0.805. The monoisotopic (exact) mass is 272 g/mol. The zero-order valence-corrected chi connectivity index (χ0v) is 9.92. The Bertz CT molecular complexity index is 372. The number of aromatic nitrogens is 1. The molecule has 2 fully saturated rings. The average molecular weight is 274 g/mol. The Morgan fingerprint density at radius 1 is 1.43 bits per heavy atom. The summed E-state index contributed by atoms with van der Waals surface area (Å²) >= 11 is 9.50. The highest BCUT2D eigenvalue weighted by molar-refractivity contribution is 9.10. The fourth-order valence-electron chi connectivity index (χ4n) is 2.21. The van der Waals surface area contributed by atoms with Crippen molar-refractivity contribution in [1.82, 2.24) is 4.98 Å². The smallest absolute Gasteiger partial charge is 0.147 e. The van der Waals surface area contributed by atoms with E-state index in [9.17, 15) is 0 Å². The minimum Gasteiger partial charge on any atom is -0.355 e. The third kappa shape index (κ3) is 1.43. The van der Waals surface area contributed by atoms with Crippen LogP contribution in [0.5, 0.6) is 0 Å². The van der Waals surface area contributed by atoms with E-state index < -0.39 is 0 Å². The van der Waals surface area contributed by atoms with Gasteiger partial charge in [-0.05, 0) is 40.3 Å². The second kappa shape index (κ2) is 3.11.